The SMILES string of the molecule is O=C(CC1(C(=O)O)CCCC1)NCC(=O)N1CCNCC1. The van der Waals surface area contributed by atoms with Gasteiger partial charge in [-0.1, -0.05) is 12.8 Å². The number of carbonyl (C=O) groups excluding carboxylic acids is 2. The molecule has 1 aliphatic carbocycles. The monoisotopic (exact) mass is 297 g/mol. The number of aliphatic carboxylic acids is 1. The van der Waals surface area contributed by atoms with Crippen LogP contribution in [0.2, 0.25) is 0 Å². The van der Waals surface area contributed by atoms with Crippen LogP contribution >= 0.6 is 0 Å². The largest absolute Gasteiger partial charge is 0.481 e. The summed E-state index contributed by atoms with van der Waals surface area (Å²) in [5, 5.41) is 15.1. The first kappa shape index (κ1) is 15.8. The van der Waals surface area contributed by atoms with Crippen molar-refractivity contribution in [2.75, 3.05) is 32.7 Å². The summed E-state index contributed by atoms with van der Waals surface area (Å²) in [6, 6.07) is 0. The average Bonchev–Trinajstić information content (AvgIpc) is 2.95. The summed E-state index contributed by atoms with van der Waals surface area (Å²) >= 11 is 0. The highest BCUT2D eigenvalue weighted by atomic mass is 16.4. The van der Waals surface area contributed by atoms with Crippen molar-refractivity contribution in [3.63, 3.8) is 0 Å². The molecule has 0 aromatic heterocycles. The Morgan fingerprint density at radius 3 is 2.33 bits per heavy atom. The van der Waals surface area contributed by atoms with Gasteiger partial charge in [-0.15, -0.1) is 0 Å². The van der Waals surface area contributed by atoms with Gasteiger partial charge in [-0.3, -0.25) is 14.4 Å². The number of carbonyl (C=O) groups is 3. The Balaban J connectivity index is 1.78. The maximum Gasteiger partial charge on any atom is 0.310 e. The second kappa shape index (κ2) is 6.89. The number of rotatable bonds is 5. The van der Waals surface area contributed by atoms with Crippen molar-refractivity contribution < 1.29 is 19.5 Å². The van der Waals surface area contributed by atoms with Crippen LogP contribution in [0.4, 0.5) is 0 Å². The van der Waals surface area contributed by atoms with Crippen LogP contribution in [-0.4, -0.2) is 60.5 Å². The molecule has 1 aliphatic heterocycles. The van der Waals surface area contributed by atoms with Gasteiger partial charge in [-0.05, 0) is 12.8 Å². The lowest BCUT2D eigenvalue weighted by atomic mass is 9.82. The summed E-state index contributed by atoms with van der Waals surface area (Å²) in [5.74, 6) is -1.35. The van der Waals surface area contributed by atoms with Gasteiger partial charge in [0.15, 0.2) is 0 Å². The van der Waals surface area contributed by atoms with E-state index in [-0.39, 0.29) is 24.8 Å². The maximum atomic E-state index is 11.9. The molecule has 118 valence electrons. The first-order valence-electron chi connectivity index (χ1n) is 7.52. The van der Waals surface area contributed by atoms with E-state index in [0.717, 1.165) is 25.9 Å². The van der Waals surface area contributed by atoms with E-state index in [1.54, 1.807) is 4.90 Å². The number of carboxylic acids is 1. The third kappa shape index (κ3) is 3.93. The van der Waals surface area contributed by atoms with E-state index in [0.29, 0.717) is 25.9 Å². The topological polar surface area (TPSA) is 98.7 Å². The second-order valence-corrected chi connectivity index (χ2v) is 5.88. The molecule has 0 aromatic rings. The standard InChI is InChI=1S/C14H23N3O4/c18-11(9-14(13(20)21)3-1-2-4-14)16-10-12(19)17-7-5-15-6-8-17/h15H,1-10H2,(H,16,18)(H,20,21). The van der Waals surface area contributed by atoms with Crippen molar-refractivity contribution in [2.45, 2.75) is 32.1 Å². The summed E-state index contributed by atoms with van der Waals surface area (Å²) in [6.07, 6.45) is 2.75. The molecule has 0 unspecified atom stereocenters. The van der Waals surface area contributed by atoms with Gasteiger partial charge in [-0.25, -0.2) is 0 Å². The van der Waals surface area contributed by atoms with E-state index in [4.69, 9.17) is 0 Å². The molecule has 2 fully saturated rings. The third-order valence-corrected chi connectivity index (χ3v) is 4.42. The van der Waals surface area contributed by atoms with Gasteiger partial charge in [-0.2, -0.15) is 0 Å². The van der Waals surface area contributed by atoms with Crippen molar-refractivity contribution in [1.29, 1.82) is 0 Å². The predicted octanol–water partition coefficient (Wildman–Crippen LogP) is -0.430. The molecular weight excluding hydrogens is 274 g/mol. The van der Waals surface area contributed by atoms with Crippen molar-refractivity contribution in [2.24, 2.45) is 5.41 Å². The number of amides is 2. The van der Waals surface area contributed by atoms with Crippen LogP contribution in [0.3, 0.4) is 0 Å². The van der Waals surface area contributed by atoms with E-state index in [1.807, 2.05) is 0 Å². The summed E-state index contributed by atoms with van der Waals surface area (Å²) in [4.78, 5) is 36.9. The van der Waals surface area contributed by atoms with Gasteiger partial charge in [0, 0.05) is 32.6 Å². The van der Waals surface area contributed by atoms with Crippen molar-refractivity contribution in [3.8, 4) is 0 Å². The fraction of sp³-hybridized carbons (Fsp3) is 0.786. The predicted molar refractivity (Wildman–Crippen MR) is 75.6 cm³/mol. The molecule has 0 atom stereocenters. The molecular formula is C14H23N3O4. The van der Waals surface area contributed by atoms with Crippen LogP contribution in [-0.2, 0) is 14.4 Å². The molecule has 1 saturated heterocycles. The third-order valence-electron chi connectivity index (χ3n) is 4.42. The lowest BCUT2D eigenvalue weighted by molar-refractivity contribution is -0.151. The van der Waals surface area contributed by atoms with E-state index in [2.05, 4.69) is 10.6 Å². The molecule has 2 amide bonds. The number of hydrogen-bond donors (Lipinski definition) is 3. The zero-order chi connectivity index (χ0) is 15.3. The van der Waals surface area contributed by atoms with Crippen molar-refractivity contribution in [1.82, 2.24) is 15.5 Å². The zero-order valence-electron chi connectivity index (χ0n) is 12.2. The lowest BCUT2D eigenvalue weighted by Gasteiger charge is -2.28. The van der Waals surface area contributed by atoms with Crippen LogP contribution in [0.15, 0.2) is 0 Å². The Morgan fingerprint density at radius 1 is 1.14 bits per heavy atom. The number of carboxylic acid groups (broad SMARTS) is 1. The molecule has 3 N–H and O–H groups in total. The van der Waals surface area contributed by atoms with Gasteiger partial charge in [0.2, 0.25) is 11.8 Å². The number of hydrogen-bond acceptors (Lipinski definition) is 4. The number of nitrogens with zero attached hydrogens (tertiary/aromatic N) is 1. The van der Waals surface area contributed by atoms with E-state index in [1.165, 1.54) is 0 Å². The second-order valence-electron chi connectivity index (χ2n) is 5.88. The zero-order valence-corrected chi connectivity index (χ0v) is 12.2. The van der Waals surface area contributed by atoms with Crippen LogP contribution in [0.25, 0.3) is 0 Å². The fourth-order valence-electron chi connectivity index (χ4n) is 3.09. The molecule has 7 heteroatoms. The first-order chi connectivity index (χ1) is 10.0. The molecule has 0 radical (unpaired) electrons. The van der Waals surface area contributed by atoms with E-state index in [9.17, 15) is 19.5 Å². The normalized spacial score (nSPS) is 21.0. The van der Waals surface area contributed by atoms with Crippen LogP contribution in [0, 0.1) is 5.41 Å². The Morgan fingerprint density at radius 2 is 1.76 bits per heavy atom. The van der Waals surface area contributed by atoms with Crippen molar-refractivity contribution in [3.05, 3.63) is 0 Å². The molecule has 0 bridgehead atoms. The van der Waals surface area contributed by atoms with Gasteiger partial charge in [0.05, 0.1) is 12.0 Å². The quantitative estimate of drug-likeness (QED) is 0.639. The highest BCUT2D eigenvalue weighted by Crippen LogP contribution is 2.41. The summed E-state index contributed by atoms with van der Waals surface area (Å²) in [6.45, 7) is 2.78. The molecule has 0 spiro atoms. The summed E-state index contributed by atoms with van der Waals surface area (Å²) in [5.41, 5.74) is -0.928. The smallest absolute Gasteiger partial charge is 0.310 e. The Hall–Kier alpha value is -1.63. The van der Waals surface area contributed by atoms with Gasteiger partial charge >= 0.3 is 5.97 Å². The van der Waals surface area contributed by atoms with Crippen LogP contribution in [0.5, 0.6) is 0 Å². The van der Waals surface area contributed by atoms with Crippen LogP contribution in [0.1, 0.15) is 32.1 Å². The lowest BCUT2D eigenvalue weighted by Crippen LogP contribution is -2.49. The highest BCUT2D eigenvalue weighted by molar-refractivity contribution is 5.88. The van der Waals surface area contributed by atoms with E-state index < -0.39 is 11.4 Å². The van der Waals surface area contributed by atoms with Crippen LogP contribution < -0.4 is 10.6 Å². The molecule has 1 saturated carbocycles. The fourth-order valence-corrected chi connectivity index (χ4v) is 3.09. The maximum absolute atomic E-state index is 11.9. The van der Waals surface area contributed by atoms with E-state index >= 15 is 0 Å². The Bertz CT molecular complexity index is 412. The van der Waals surface area contributed by atoms with Gasteiger partial charge in [0.1, 0.15) is 0 Å². The highest BCUT2D eigenvalue weighted by Gasteiger charge is 2.42. The first-order valence-corrected chi connectivity index (χ1v) is 7.52. The Labute approximate surface area is 124 Å². The summed E-state index contributed by atoms with van der Waals surface area (Å²) in [7, 11) is 0. The Kier molecular flexibility index (Phi) is 5.17. The summed E-state index contributed by atoms with van der Waals surface area (Å²) < 4.78 is 0. The molecule has 0 aromatic carbocycles. The number of piperazine rings is 1. The van der Waals surface area contributed by atoms with Crippen molar-refractivity contribution >= 4 is 17.8 Å². The van der Waals surface area contributed by atoms with Gasteiger partial charge < -0.3 is 20.6 Å². The average molecular weight is 297 g/mol. The number of nitrogens with one attached hydrogen (secondary N) is 2. The molecule has 2 aliphatic rings. The molecule has 7 nitrogen and oxygen atoms in total. The molecule has 1 heterocycles. The minimum absolute atomic E-state index is 0.0306. The molecule has 21 heavy (non-hydrogen) atoms. The molecule has 2 rings (SSSR count). The van der Waals surface area contributed by atoms with Gasteiger partial charge in [0.25, 0.3) is 0 Å². The minimum atomic E-state index is -0.928. The minimum Gasteiger partial charge on any atom is -0.481 e.